The van der Waals surface area contributed by atoms with Crippen LogP contribution in [0.1, 0.15) is 31.8 Å². The highest BCUT2D eigenvalue weighted by Gasteiger charge is 2.15. The molecule has 0 atom stereocenters. The first-order valence-electron chi connectivity index (χ1n) is 4.23. The lowest BCUT2D eigenvalue weighted by Crippen LogP contribution is -2.08. The van der Waals surface area contributed by atoms with Crippen LogP contribution in [0.4, 0.5) is 0 Å². The summed E-state index contributed by atoms with van der Waals surface area (Å²) in [4.78, 5) is 22.3. The van der Waals surface area contributed by atoms with Gasteiger partial charge in [0.2, 0.25) is 0 Å². The fourth-order valence-electron chi connectivity index (χ4n) is 1.37. The number of aldehydes is 1. The van der Waals surface area contributed by atoms with Gasteiger partial charge in [-0.25, -0.2) is 0 Å². The van der Waals surface area contributed by atoms with Gasteiger partial charge in [0, 0.05) is 11.1 Å². The Kier molecular flexibility index (Phi) is 3.75. The topological polar surface area (TPSA) is 57.9 Å². The van der Waals surface area contributed by atoms with Crippen LogP contribution in [0.25, 0.3) is 0 Å². The number of benzene rings is 1. The van der Waals surface area contributed by atoms with E-state index < -0.39 is 0 Å². The highest BCUT2D eigenvalue weighted by Crippen LogP contribution is 2.18. The summed E-state index contributed by atoms with van der Waals surface area (Å²) in [6.45, 7) is 1.67. The summed E-state index contributed by atoms with van der Waals surface area (Å²) in [6.07, 6.45) is 0.682. The third kappa shape index (κ3) is 2.13. The number of halogens is 1. The van der Waals surface area contributed by atoms with Crippen molar-refractivity contribution in [3.63, 3.8) is 0 Å². The molecule has 4 heteroatoms. The van der Waals surface area contributed by atoms with Gasteiger partial charge in [-0.15, -0.1) is 0 Å². The summed E-state index contributed by atoms with van der Waals surface area (Å²) < 4.78 is 0. The number of carbonyl (C=O) groups excluding carboxylic acids is 2. The summed E-state index contributed by atoms with van der Waals surface area (Å²) in [6, 6.07) is 4.99. The van der Waals surface area contributed by atoms with Gasteiger partial charge in [-0.2, -0.15) is 5.26 Å². The SMILES string of the molecule is Cc1c(C=O)ccc(C#N)c1C(=O)CBr. The molecule has 0 heterocycles. The lowest BCUT2D eigenvalue weighted by atomic mass is 9.95. The van der Waals surface area contributed by atoms with Crippen molar-refractivity contribution >= 4 is 28.0 Å². The molecule has 0 fully saturated rings. The summed E-state index contributed by atoms with van der Waals surface area (Å²) >= 11 is 3.05. The van der Waals surface area contributed by atoms with Crippen LogP contribution >= 0.6 is 15.9 Å². The van der Waals surface area contributed by atoms with Gasteiger partial charge in [-0.05, 0) is 18.6 Å². The van der Waals surface area contributed by atoms with Gasteiger partial charge >= 0.3 is 0 Å². The van der Waals surface area contributed by atoms with Crippen molar-refractivity contribution in [3.8, 4) is 6.07 Å². The molecule has 0 aliphatic rings. The standard InChI is InChI=1S/C11H8BrNO2/c1-7-9(6-14)3-2-8(5-13)11(7)10(15)4-12/h2-3,6H,4H2,1H3. The molecule has 0 aliphatic carbocycles. The van der Waals surface area contributed by atoms with Gasteiger partial charge in [-0.1, -0.05) is 22.0 Å². The Morgan fingerprint density at radius 3 is 2.73 bits per heavy atom. The van der Waals surface area contributed by atoms with Crippen LogP contribution in [0, 0.1) is 18.3 Å². The van der Waals surface area contributed by atoms with Gasteiger partial charge in [0.25, 0.3) is 0 Å². The van der Waals surface area contributed by atoms with E-state index in [1.54, 1.807) is 13.0 Å². The third-order valence-corrected chi connectivity index (χ3v) is 2.66. The molecule has 0 unspecified atom stereocenters. The molecule has 1 rings (SSSR count). The smallest absolute Gasteiger partial charge is 0.174 e. The second-order valence-electron chi connectivity index (χ2n) is 2.99. The van der Waals surface area contributed by atoms with E-state index in [0.717, 1.165) is 0 Å². The molecular formula is C11H8BrNO2. The van der Waals surface area contributed by atoms with E-state index in [0.29, 0.717) is 28.5 Å². The molecule has 0 N–H and O–H groups in total. The van der Waals surface area contributed by atoms with Crippen molar-refractivity contribution in [3.05, 3.63) is 34.4 Å². The highest BCUT2D eigenvalue weighted by atomic mass is 79.9. The Morgan fingerprint density at radius 1 is 1.60 bits per heavy atom. The Bertz CT molecular complexity index is 460. The average molecular weight is 266 g/mol. The fraction of sp³-hybridized carbons (Fsp3) is 0.182. The van der Waals surface area contributed by atoms with E-state index in [4.69, 9.17) is 5.26 Å². The lowest BCUT2D eigenvalue weighted by molar-refractivity contribution is 0.102. The number of rotatable bonds is 3. The predicted octanol–water partition coefficient (Wildman–Crippen LogP) is 2.26. The maximum absolute atomic E-state index is 11.6. The molecule has 15 heavy (non-hydrogen) atoms. The molecule has 0 saturated heterocycles. The monoisotopic (exact) mass is 265 g/mol. The van der Waals surface area contributed by atoms with Gasteiger partial charge in [0.1, 0.15) is 6.29 Å². The van der Waals surface area contributed by atoms with Crippen molar-refractivity contribution in [1.29, 1.82) is 5.26 Å². The molecule has 3 nitrogen and oxygen atoms in total. The second-order valence-corrected chi connectivity index (χ2v) is 3.55. The summed E-state index contributed by atoms with van der Waals surface area (Å²) in [5, 5.41) is 8.99. The van der Waals surface area contributed by atoms with Crippen LogP contribution in [0.5, 0.6) is 0 Å². The molecule has 0 aromatic heterocycles. The number of hydrogen-bond acceptors (Lipinski definition) is 3. The summed E-state index contributed by atoms with van der Waals surface area (Å²) in [5.74, 6) is -0.187. The normalized spacial score (nSPS) is 9.40. The maximum Gasteiger partial charge on any atom is 0.174 e. The molecule has 0 radical (unpaired) electrons. The van der Waals surface area contributed by atoms with Crippen LogP contribution in [-0.2, 0) is 0 Å². The Hall–Kier alpha value is -1.47. The Morgan fingerprint density at radius 2 is 2.27 bits per heavy atom. The van der Waals surface area contributed by atoms with Gasteiger partial charge in [0.15, 0.2) is 5.78 Å². The van der Waals surface area contributed by atoms with Crippen molar-refractivity contribution in [2.24, 2.45) is 0 Å². The van der Waals surface area contributed by atoms with E-state index in [1.165, 1.54) is 6.07 Å². The molecule has 1 aromatic carbocycles. The first-order valence-corrected chi connectivity index (χ1v) is 5.36. The van der Waals surface area contributed by atoms with E-state index >= 15 is 0 Å². The van der Waals surface area contributed by atoms with E-state index in [-0.39, 0.29) is 11.1 Å². The third-order valence-electron chi connectivity index (χ3n) is 2.15. The van der Waals surface area contributed by atoms with Crippen LogP contribution in [0.3, 0.4) is 0 Å². The van der Waals surface area contributed by atoms with Gasteiger partial charge in [-0.3, -0.25) is 9.59 Å². The van der Waals surface area contributed by atoms with E-state index in [1.807, 2.05) is 6.07 Å². The lowest BCUT2D eigenvalue weighted by Gasteiger charge is -2.07. The van der Waals surface area contributed by atoms with Crippen LogP contribution < -0.4 is 0 Å². The molecule has 1 aromatic rings. The minimum absolute atomic E-state index is 0.144. The zero-order valence-corrected chi connectivity index (χ0v) is 9.67. The Labute approximate surface area is 95.8 Å². The number of Topliss-reactive ketones (excluding diaryl/α,β-unsaturated/α-hetero) is 1. The zero-order chi connectivity index (χ0) is 11.4. The number of nitrogens with zero attached hydrogens (tertiary/aromatic N) is 1. The summed E-state index contributed by atoms with van der Waals surface area (Å²) in [7, 11) is 0. The van der Waals surface area contributed by atoms with Gasteiger partial charge < -0.3 is 0 Å². The molecule has 0 saturated carbocycles. The van der Waals surface area contributed by atoms with E-state index in [9.17, 15) is 9.59 Å². The van der Waals surface area contributed by atoms with Crippen LogP contribution in [-0.4, -0.2) is 17.4 Å². The second kappa shape index (κ2) is 4.85. The number of ketones is 1. The summed E-state index contributed by atoms with van der Waals surface area (Å²) in [5.41, 5.74) is 1.65. The number of alkyl halides is 1. The molecular weight excluding hydrogens is 258 g/mol. The van der Waals surface area contributed by atoms with Crippen molar-refractivity contribution in [2.45, 2.75) is 6.92 Å². The van der Waals surface area contributed by atoms with Crippen molar-refractivity contribution < 1.29 is 9.59 Å². The number of nitriles is 1. The van der Waals surface area contributed by atoms with Crippen LogP contribution in [0.2, 0.25) is 0 Å². The quantitative estimate of drug-likeness (QED) is 0.479. The average Bonchev–Trinajstić information content (AvgIpc) is 2.27. The predicted molar refractivity (Wildman–Crippen MR) is 59.4 cm³/mol. The minimum Gasteiger partial charge on any atom is -0.298 e. The molecule has 0 aliphatic heterocycles. The van der Waals surface area contributed by atoms with Crippen LogP contribution in [0.15, 0.2) is 12.1 Å². The number of hydrogen-bond donors (Lipinski definition) is 0. The molecule has 76 valence electrons. The zero-order valence-electron chi connectivity index (χ0n) is 8.08. The molecule has 0 amide bonds. The first-order chi connectivity index (χ1) is 7.15. The van der Waals surface area contributed by atoms with Crippen molar-refractivity contribution in [1.82, 2.24) is 0 Å². The Balaban J connectivity index is 3.51. The largest absolute Gasteiger partial charge is 0.298 e. The molecule has 0 bridgehead atoms. The fourth-order valence-corrected chi connectivity index (χ4v) is 1.66. The molecule has 0 spiro atoms. The highest BCUT2D eigenvalue weighted by molar-refractivity contribution is 9.09. The first kappa shape index (κ1) is 11.6. The van der Waals surface area contributed by atoms with Gasteiger partial charge in [0.05, 0.1) is 17.0 Å². The van der Waals surface area contributed by atoms with E-state index in [2.05, 4.69) is 15.9 Å². The number of carbonyl (C=O) groups is 2. The maximum atomic E-state index is 11.6. The minimum atomic E-state index is -0.187. The van der Waals surface area contributed by atoms with Crippen molar-refractivity contribution in [2.75, 3.05) is 5.33 Å².